The highest BCUT2D eigenvalue weighted by molar-refractivity contribution is 9.12. The molecule has 4 aliphatic carbocycles. The van der Waals surface area contributed by atoms with E-state index in [1.165, 1.54) is 35.7 Å². The summed E-state index contributed by atoms with van der Waals surface area (Å²) < 4.78 is 1.34. The van der Waals surface area contributed by atoms with Crippen LogP contribution in [0.3, 0.4) is 0 Å². The van der Waals surface area contributed by atoms with Crippen molar-refractivity contribution >= 4 is 15.9 Å². The summed E-state index contributed by atoms with van der Waals surface area (Å²) >= 11 is 3.88. The van der Waals surface area contributed by atoms with Crippen molar-refractivity contribution in [3.63, 3.8) is 0 Å². The Balaban J connectivity index is 1.84. The largest absolute Gasteiger partial charge is 0.0804 e. The molecule has 0 saturated heterocycles. The first-order valence-electron chi connectivity index (χ1n) is 8.89. The Morgan fingerprint density at radius 2 is 1.96 bits per heavy atom. The monoisotopic (exact) mass is 368 g/mol. The molecule has 1 atom stereocenters. The predicted molar refractivity (Wildman–Crippen MR) is 102 cm³/mol. The van der Waals surface area contributed by atoms with E-state index >= 15 is 0 Å². The third-order valence-electron chi connectivity index (χ3n) is 6.09. The normalized spacial score (nSPS) is 27.0. The van der Waals surface area contributed by atoms with Gasteiger partial charge in [-0.15, -0.1) is 0 Å². The molecule has 4 rings (SSSR count). The van der Waals surface area contributed by atoms with Gasteiger partial charge in [0.1, 0.15) is 0 Å². The molecule has 0 amide bonds. The molecule has 0 saturated carbocycles. The van der Waals surface area contributed by atoms with Crippen LogP contribution in [0.25, 0.3) is 0 Å². The molecule has 0 aliphatic heterocycles. The van der Waals surface area contributed by atoms with Gasteiger partial charge in [-0.2, -0.15) is 0 Å². The standard InChI is InChI=1S/C22H25Br/c1-14-12-18-16-10-6-7-11-17(16)20(23)13-19(18)21(14)22(2,3)15-8-4-5-9-15/h4-5,8,12-13,18H,6-7,9-11H2,1-3H3. The second-order valence-electron chi connectivity index (χ2n) is 7.81. The summed E-state index contributed by atoms with van der Waals surface area (Å²) in [5, 5.41) is 0. The average molecular weight is 369 g/mol. The van der Waals surface area contributed by atoms with E-state index in [2.05, 4.69) is 67.1 Å². The third-order valence-corrected chi connectivity index (χ3v) is 6.80. The summed E-state index contributed by atoms with van der Waals surface area (Å²) in [6.07, 6.45) is 18.1. The van der Waals surface area contributed by atoms with Crippen LogP contribution in [0.15, 0.2) is 68.3 Å². The van der Waals surface area contributed by atoms with Crippen LogP contribution >= 0.6 is 15.9 Å². The minimum atomic E-state index is 0.116. The Morgan fingerprint density at radius 3 is 2.70 bits per heavy atom. The zero-order valence-corrected chi connectivity index (χ0v) is 16.0. The number of fused-ring (bicyclic) bond motifs is 2. The molecule has 1 unspecified atom stereocenters. The fourth-order valence-electron chi connectivity index (χ4n) is 4.95. The summed E-state index contributed by atoms with van der Waals surface area (Å²) in [6.45, 7) is 7.12. The Bertz CT molecular complexity index is 747. The molecule has 0 aromatic carbocycles. The number of halogens is 1. The lowest BCUT2D eigenvalue weighted by atomic mass is 9.71. The van der Waals surface area contributed by atoms with E-state index < -0.39 is 0 Å². The van der Waals surface area contributed by atoms with Crippen molar-refractivity contribution in [1.82, 2.24) is 0 Å². The van der Waals surface area contributed by atoms with E-state index in [0.29, 0.717) is 5.92 Å². The first-order valence-corrected chi connectivity index (χ1v) is 9.68. The Labute approximate surface area is 148 Å². The lowest BCUT2D eigenvalue weighted by Crippen LogP contribution is -2.20. The van der Waals surface area contributed by atoms with E-state index in [1.807, 2.05) is 0 Å². The molecular formula is C22H25Br. The van der Waals surface area contributed by atoms with Gasteiger partial charge >= 0.3 is 0 Å². The van der Waals surface area contributed by atoms with Gasteiger partial charge in [0.2, 0.25) is 0 Å². The fraction of sp³-hybridized carbons (Fsp3) is 0.455. The quantitative estimate of drug-likeness (QED) is 0.495. The molecule has 0 aromatic heterocycles. The highest BCUT2D eigenvalue weighted by Gasteiger charge is 2.39. The van der Waals surface area contributed by atoms with Crippen LogP contribution in [-0.2, 0) is 0 Å². The Morgan fingerprint density at radius 1 is 1.17 bits per heavy atom. The maximum atomic E-state index is 3.88. The lowest BCUT2D eigenvalue weighted by molar-refractivity contribution is 0.532. The van der Waals surface area contributed by atoms with E-state index in [4.69, 9.17) is 0 Å². The topological polar surface area (TPSA) is 0 Å². The first kappa shape index (κ1) is 15.4. The molecule has 0 fully saturated rings. The SMILES string of the molecule is CC1=CC2C(=C1C(C)(C)C1=CC=CC1)C=C(Br)C1=C2CCCC1. The zero-order valence-electron chi connectivity index (χ0n) is 14.4. The van der Waals surface area contributed by atoms with Crippen molar-refractivity contribution in [2.75, 3.05) is 0 Å². The van der Waals surface area contributed by atoms with Crippen molar-refractivity contribution in [2.45, 2.75) is 52.9 Å². The van der Waals surface area contributed by atoms with Crippen LogP contribution in [0, 0.1) is 11.3 Å². The van der Waals surface area contributed by atoms with Gasteiger partial charge in [-0.3, -0.25) is 0 Å². The molecule has 0 bridgehead atoms. The van der Waals surface area contributed by atoms with Crippen LogP contribution in [0.1, 0.15) is 52.9 Å². The highest BCUT2D eigenvalue weighted by Crippen LogP contribution is 2.54. The first-order chi connectivity index (χ1) is 11.0. The van der Waals surface area contributed by atoms with Crippen LogP contribution < -0.4 is 0 Å². The summed E-state index contributed by atoms with van der Waals surface area (Å²) in [4.78, 5) is 0. The molecule has 0 spiro atoms. The third kappa shape index (κ3) is 2.31. The van der Waals surface area contributed by atoms with Gasteiger partial charge in [0.15, 0.2) is 0 Å². The van der Waals surface area contributed by atoms with Crippen LogP contribution in [0.4, 0.5) is 0 Å². The number of hydrogen-bond donors (Lipinski definition) is 0. The second kappa shape index (κ2) is 5.48. The molecule has 120 valence electrons. The summed E-state index contributed by atoms with van der Waals surface area (Å²) in [6, 6.07) is 0. The minimum Gasteiger partial charge on any atom is -0.0804 e. The fourth-order valence-corrected chi connectivity index (χ4v) is 5.65. The molecule has 4 aliphatic rings. The number of hydrogen-bond acceptors (Lipinski definition) is 0. The Kier molecular flexibility index (Phi) is 3.68. The van der Waals surface area contributed by atoms with Gasteiger partial charge in [-0.1, -0.05) is 65.2 Å². The Hall–Kier alpha value is -1.08. The van der Waals surface area contributed by atoms with Crippen molar-refractivity contribution in [2.24, 2.45) is 11.3 Å². The van der Waals surface area contributed by atoms with Gasteiger partial charge in [0.25, 0.3) is 0 Å². The maximum absolute atomic E-state index is 3.88. The van der Waals surface area contributed by atoms with Crippen molar-refractivity contribution in [3.8, 4) is 0 Å². The molecule has 1 heteroatoms. The van der Waals surface area contributed by atoms with Gasteiger partial charge in [0.05, 0.1) is 0 Å². The average Bonchev–Trinajstić information content (AvgIpc) is 3.15. The molecular weight excluding hydrogens is 344 g/mol. The van der Waals surface area contributed by atoms with Crippen LogP contribution in [0.5, 0.6) is 0 Å². The summed E-state index contributed by atoms with van der Waals surface area (Å²) in [5.74, 6) is 0.538. The second-order valence-corrected chi connectivity index (χ2v) is 8.66. The van der Waals surface area contributed by atoms with Gasteiger partial charge in [-0.05, 0) is 67.4 Å². The van der Waals surface area contributed by atoms with Gasteiger partial charge in [-0.25, -0.2) is 0 Å². The number of rotatable bonds is 2. The maximum Gasteiger partial charge on any atom is 0.0243 e. The molecule has 0 heterocycles. The van der Waals surface area contributed by atoms with Crippen molar-refractivity contribution in [1.29, 1.82) is 0 Å². The minimum absolute atomic E-state index is 0.116. The van der Waals surface area contributed by atoms with Crippen LogP contribution in [-0.4, -0.2) is 0 Å². The highest BCUT2D eigenvalue weighted by atomic mass is 79.9. The number of allylic oxidation sites excluding steroid dienone is 12. The molecule has 23 heavy (non-hydrogen) atoms. The zero-order chi connectivity index (χ0) is 16.2. The lowest BCUT2D eigenvalue weighted by Gasteiger charge is -2.34. The summed E-state index contributed by atoms with van der Waals surface area (Å²) in [7, 11) is 0. The van der Waals surface area contributed by atoms with Crippen LogP contribution in [0.2, 0.25) is 0 Å². The van der Waals surface area contributed by atoms with E-state index in [1.54, 1.807) is 27.9 Å². The molecule has 0 radical (unpaired) electrons. The van der Waals surface area contributed by atoms with E-state index in [-0.39, 0.29) is 5.41 Å². The molecule has 0 nitrogen and oxygen atoms in total. The van der Waals surface area contributed by atoms with E-state index in [9.17, 15) is 0 Å². The molecule has 0 aromatic rings. The smallest absolute Gasteiger partial charge is 0.0243 e. The van der Waals surface area contributed by atoms with Crippen molar-refractivity contribution < 1.29 is 0 Å². The van der Waals surface area contributed by atoms with Gasteiger partial charge in [0, 0.05) is 15.8 Å². The predicted octanol–water partition coefficient (Wildman–Crippen LogP) is 6.93. The van der Waals surface area contributed by atoms with Gasteiger partial charge < -0.3 is 0 Å². The van der Waals surface area contributed by atoms with E-state index in [0.717, 1.165) is 6.42 Å². The van der Waals surface area contributed by atoms with Crippen molar-refractivity contribution in [3.05, 3.63) is 68.3 Å². The summed E-state index contributed by atoms with van der Waals surface area (Å²) in [5.41, 5.74) is 9.53. The molecule has 0 N–H and O–H groups in total.